The zero-order chi connectivity index (χ0) is 13.4. The number of likely N-dealkylation sites (N-methyl/N-ethyl adjacent to an activating group) is 1. The van der Waals surface area contributed by atoms with E-state index in [0.717, 1.165) is 5.56 Å². The molecule has 5 nitrogen and oxygen atoms in total. The van der Waals surface area contributed by atoms with Crippen molar-refractivity contribution >= 4 is 11.8 Å². The molecule has 0 radical (unpaired) electrons. The largest absolute Gasteiger partial charge is 0.358 e. The van der Waals surface area contributed by atoms with Gasteiger partial charge in [0.2, 0.25) is 11.8 Å². The first-order chi connectivity index (χ1) is 8.63. The van der Waals surface area contributed by atoms with Crippen LogP contribution in [-0.4, -0.2) is 32.0 Å². The Labute approximate surface area is 107 Å². The molecule has 0 aromatic heterocycles. The Morgan fingerprint density at radius 3 is 2.33 bits per heavy atom. The average molecular weight is 249 g/mol. The third kappa shape index (κ3) is 4.97. The summed E-state index contributed by atoms with van der Waals surface area (Å²) in [6.07, 6.45) is 0. The molecule has 0 aliphatic rings. The van der Waals surface area contributed by atoms with Gasteiger partial charge in [0.15, 0.2) is 0 Å². The second-order valence-corrected chi connectivity index (χ2v) is 3.98. The number of nitrogens with one attached hydrogen (secondary N) is 3. The van der Waals surface area contributed by atoms with Crippen molar-refractivity contribution < 1.29 is 9.59 Å². The molecule has 5 heteroatoms. The quantitative estimate of drug-likeness (QED) is 0.674. The maximum absolute atomic E-state index is 11.6. The van der Waals surface area contributed by atoms with Gasteiger partial charge in [-0.25, -0.2) is 0 Å². The third-order valence-electron chi connectivity index (χ3n) is 2.53. The summed E-state index contributed by atoms with van der Waals surface area (Å²) < 4.78 is 0. The predicted octanol–water partition coefficient (Wildman–Crippen LogP) is 0.199. The van der Waals surface area contributed by atoms with Gasteiger partial charge >= 0.3 is 0 Å². The van der Waals surface area contributed by atoms with Gasteiger partial charge in [-0.1, -0.05) is 30.3 Å². The van der Waals surface area contributed by atoms with Gasteiger partial charge in [0.1, 0.15) is 0 Å². The number of hydrogen-bond acceptors (Lipinski definition) is 3. The zero-order valence-electron chi connectivity index (χ0n) is 10.7. The molecule has 0 fully saturated rings. The number of hydrogen-bond donors (Lipinski definition) is 3. The summed E-state index contributed by atoms with van der Waals surface area (Å²) in [5, 5.41) is 8.10. The topological polar surface area (TPSA) is 70.2 Å². The molecule has 3 N–H and O–H groups in total. The molecule has 0 aliphatic carbocycles. The molecular formula is C13H19N3O2. The van der Waals surface area contributed by atoms with E-state index in [1.807, 2.05) is 37.3 Å². The van der Waals surface area contributed by atoms with Gasteiger partial charge in [-0.2, -0.15) is 0 Å². The Morgan fingerprint density at radius 1 is 1.11 bits per heavy atom. The lowest BCUT2D eigenvalue weighted by molar-refractivity contribution is -0.121. The number of carbonyl (C=O) groups excluding carboxylic acids is 2. The van der Waals surface area contributed by atoms with Crippen LogP contribution in [-0.2, 0) is 9.59 Å². The molecular weight excluding hydrogens is 230 g/mol. The minimum atomic E-state index is -0.140. The van der Waals surface area contributed by atoms with Crippen molar-refractivity contribution in [1.82, 2.24) is 16.0 Å². The van der Waals surface area contributed by atoms with Gasteiger partial charge in [-0.15, -0.1) is 0 Å². The number of carbonyl (C=O) groups is 2. The molecule has 0 spiro atoms. The van der Waals surface area contributed by atoms with Crippen molar-refractivity contribution in [3.05, 3.63) is 35.9 Å². The molecule has 0 heterocycles. The summed E-state index contributed by atoms with van der Waals surface area (Å²) in [6, 6.07) is 9.68. The highest BCUT2D eigenvalue weighted by Gasteiger charge is 2.08. The van der Waals surface area contributed by atoms with E-state index >= 15 is 0 Å². The van der Waals surface area contributed by atoms with E-state index in [9.17, 15) is 9.59 Å². The van der Waals surface area contributed by atoms with Crippen LogP contribution in [0.15, 0.2) is 30.3 Å². The smallest absolute Gasteiger partial charge is 0.234 e. The molecule has 1 rings (SSSR count). The fourth-order valence-corrected chi connectivity index (χ4v) is 1.50. The lowest BCUT2D eigenvalue weighted by Gasteiger charge is -2.14. The maximum Gasteiger partial charge on any atom is 0.234 e. The monoisotopic (exact) mass is 249 g/mol. The van der Waals surface area contributed by atoms with Crippen LogP contribution in [0.4, 0.5) is 0 Å². The molecule has 2 amide bonds. The Kier molecular flexibility index (Phi) is 5.87. The van der Waals surface area contributed by atoms with Crippen LogP contribution in [0, 0.1) is 0 Å². The average Bonchev–Trinajstić information content (AvgIpc) is 2.39. The van der Waals surface area contributed by atoms with E-state index in [-0.39, 0.29) is 30.9 Å². The number of benzene rings is 1. The number of rotatable bonds is 6. The van der Waals surface area contributed by atoms with Gasteiger partial charge in [-0.05, 0) is 12.5 Å². The minimum absolute atomic E-state index is 0.0412. The van der Waals surface area contributed by atoms with Gasteiger partial charge in [-0.3, -0.25) is 14.9 Å². The van der Waals surface area contributed by atoms with E-state index in [1.165, 1.54) is 0 Å². The first-order valence-electron chi connectivity index (χ1n) is 5.89. The molecule has 98 valence electrons. The molecule has 1 aromatic carbocycles. The van der Waals surface area contributed by atoms with Crippen molar-refractivity contribution in [2.24, 2.45) is 0 Å². The summed E-state index contributed by atoms with van der Waals surface area (Å²) >= 11 is 0. The normalized spacial score (nSPS) is 11.7. The molecule has 0 unspecified atom stereocenters. The molecule has 0 saturated carbocycles. The van der Waals surface area contributed by atoms with Crippen molar-refractivity contribution in [1.29, 1.82) is 0 Å². The highest BCUT2D eigenvalue weighted by Crippen LogP contribution is 2.10. The molecule has 18 heavy (non-hydrogen) atoms. The molecule has 1 atom stereocenters. The van der Waals surface area contributed by atoms with Crippen LogP contribution >= 0.6 is 0 Å². The van der Waals surface area contributed by atoms with Gasteiger partial charge in [0.05, 0.1) is 19.1 Å². The Hall–Kier alpha value is -1.88. The van der Waals surface area contributed by atoms with Crippen LogP contribution in [0.2, 0.25) is 0 Å². The fourth-order valence-electron chi connectivity index (χ4n) is 1.50. The second kappa shape index (κ2) is 7.45. The standard InChI is InChI=1S/C13H19N3O2/c1-10(11-6-4-3-5-7-11)16-13(18)9-15-8-12(17)14-2/h3-7,10,15H,8-9H2,1-2H3,(H,14,17)(H,16,18)/t10-/m1/s1. The van der Waals surface area contributed by atoms with Crippen molar-refractivity contribution in [2.75, 3.05) is 20.1 Å². The van der Waals surface area contributed by atoms with E-state index in [2.05, 4.69) is 16.0 Å². The van der Waals surface area contributed by atoms with Crippen molar-refractivity contribution in [3.8, 4) is 0 Å². The summed E-state index contributed by atoms with van der Waals surface area (Å²) in [5.41, 5.74) is 1.05. The first kappa shape index (κ1) is 14.2. The molecule has 0 aliphatic heterocycles. The molecule has 1 aromatic rings. The highest BCUT2D eigenvalue weighted by molar-refractivity contribution is 5.81. The van der Waals surface area contributed by atoms with Gasteiger partial charge < -0.3 is 10.6 Å². The lowest BCUT2D eigenvalue weighted by Crippen LogP contribution is -2.39. The zero-order valence-corrected chi connectivity index (χ0v) is 10.7. The van der Waals surface area contributed by atoms with Gasteiger partial charge in [0, 0.05) is 7.05 Å². The SMILES string of the molecule is CNC(=O)CNCC(=O)N[C@H](C)c1ccccc1. The summed E-state index contributed by atoms with van der Waals surface area (Å²) in [7, 11) is 1.56. The van der Waals surface area contributed by atoms with E-state index in [1.54, 1.807) is 7.05 Å². The van der Waals surface area contributed by atoms with Crippen LogP contribution in [0.5, 0.6) is 0 Å². The van der Waals surface area contributed by atoms with E-state index < -0.39 is 0 Å². The second-order valence-electron chi connectivity index (χ2n) is 3.98. The van der Waals surface area contributed by atoms with Crippen molar-refractivity contribution in [3.63, 3.8) is 0 Å². The van der Waals surface area contributed by atoms with Crippen molar-refractivity contribution in [2.45, 2.75) is 13.0 Å². The maximum atomic E-state index is 11.6. The first-order valence-corrected chi connectivity index (χ1v) is 5.89. The third-order valence-corrected chi connectivity index (χ3v) is 2.53. The van der Waals surface area contributed by atoms with E-state index in [0.29, 0.717) is 0 Å². The fraction of sp³-hybridized carbons (Fsp3) is 0.385. The molecule has 0 bridgehead atoms. The summed E-state index contributed by atoms with van der Waals surface area (Å²) in [4.78, 5) is 22.5. The predicted molar refractivity (Wildman–Crippen MR) is 69.9 cm³/mol. The Morgan fingerprint density at radius 2 is 1.72 bits per heavy atom. The molecule has 0 saturated heterocycles. The highest BCUT2D eigenvalue weighted by atomic mass is 16.2. The van der Waals surface area contributed by atoms with Crippen LogP contribution in [0.1, 0.15) is 18.5 Å². The summed E-state index contributed by atoms with van der Waals surface area (Å²) in [6.45, 7) is 2.19. The summed E-state index contributed by atoms with van der Waals surface area (Å²) in [5.74, 6) is -0.269. The number of amides is 2. The van der Waals surface area contributed by atoms with Crippen LogP contribution in [0.3, 0.4) is 0 Å². The van der Waals surface area contributed by atoms with Gasteiger partial charge in [0.25, 0.3) is 0 Å². The Bertz CT molecular complexity index is 392. The van der Waals surface area contributed by atoms with Crippen LogP contribution in [0.25, 0.3) is 0 Å². The lowest BCUT2D eigenvalue weighted by atomic mass is 10.1. The minimum Gasteiger partial charge on any atom is -0.358 e. The Balaban J connectivity index is 2.30. The van der Waals surface area contributed by atoms with E-state index in [4.69, 9.17) is 0 Å². The van der Waals surface area contributed by atoms with Crippen LogP contribution < -0.4 is 16.0 Å².